The molecule has 4 N–H and O–H groups in total. The van der Waals surface area contributed by atoms with E-state index >= 15 is 0 Å². The Morgan fingerprint density at radius 3 is 2.14 bits per heavy atom. The molecule has 3 heterocycles. The summed E-state index contributed by atoms with van der Waals surface area (Å²) in [5.74, 6) is 1.56. The molecule has 5 rings (SSSR count). The van der Waals surface area contributed by atoms with Crippen molar-refractivity contribution in [2.75, 3.05) is 26.4 Å². The number of fused-ring (bicyclic) bond motifs is 3. The SMILES string of the molecule is NC1(CO)COc2cc(Br)ccc21.O=C1NC2(CO1)COc1cc(Br)ccc12. The zero-order valence-corrected chi connectivity index (χ0v) is 17.9. The lowest BCUT2D eigenvalue weighted by Crippen LogP contribution is -2.41. The van der Waals surface area contributed by atoms with Gasteiger partial charge in [0.2, 0.25) is 0 Å². The first kappa shape index (κ1) is 19.5. The van der Waals surface area contributed by atoms with Crippen LogP contribution < -0.4 is 20.5 Å². The van der Waals surface area contributed by atoms with E-state index in [-0.39, 0.29) is 12.7 Å². The number of halogens is 2. The number of ether oxygens (including phenoxy) is 3. The Hall–Kier alpha value is -1.81. The summed E-state index contributed by atoms with van der Waals surface area (Å²) in [5, 5.41) is 11.9. The number of benzene rings is 2. The minimum Gasteiger partial charge on any atom is -0.491 e. The molecular weight excluding hydrogens is 496 g/mol. The molecule has 3 aliphatic heterocycles. The van der Waals surface area contributed by atoms with Gasteiger partial charge in [0.15, 0.2) is 0 Å². The van der Waals surface area contributed by atoms with Crippen LogP contribution in [0.4, 0.5) is 4.79 Å². The van der Waals surface area contributed by atoms with Gasteiger partial charge in [-0.3, -0.25) is 0 Å². The third-order valence-corrected chi connectivity index (χ3v) is 5.96. The van der Waals surface area contributed by atoms with E-state index < -0.39 is 11.1 Å². The highest BCUT2D eigenvalue weighted by Gasteiger charge is 2.47. The lowest BCUT2D eigenvalue weighted by Gasteiger charge is -2.18. The van der Waals surface area contributed by atoms with Crippen molar-refractivity contribution >= 4 is 38.0 Å². The zero-order valence-electron chi connectivity index (χ0n) is 14.7. The van der Waals surface area contributed by atoms with Gasteiger partial charge in [-0.25, -0.2) is 4.79 Å². The van der Waals surface area contributed by atoms with Gasteiger partial charge in [0, 0.05) is 20.1 Å². The number of nitrogens with one attached hydrogen (secondary N) is 1. The lowest BCUT2D eigenvalue weighted by molar-refractivity contribution is 0.163. The topological polar surface area (TPSA) is 103 Å². The summed E-state index contributed by atoms with van der Waals surface area (Å²) in [4.78, 5) is 11.1. The highest BCUT2D eigenvalue weighted by Crippen LogP contribution is 2.40. The fourth-order valence-corrected chi connectivity index (χ4v) is 4.09. The first-order valence-corrected chi connectivity index (χ1v) is 10.1. The van der Waals surface area contributed by atoms with Gasteiger partial charge >= 0.3 is 6.09 Å². The van der Waals surface area contributed by atoms with Crippen LogP contribution in [0.15, 0.2) is 45.3 Å². The van der Waals surface area contributed by atoms with Gasteiger partial charge in [0.1, 0.15) is 42.4 Å². The Kier molecular flexibility index (Phi) is 5.03. The van der Waals surface area contributed by atoms with E-state index in [4.69, 9.17) is 25.1 Å². The van der Waals surface area contributed by atoms with Crippen LogP contribution in [0.3, 0.4) is 0 Å². The molecule has 0 radical (unpaired) electrons. The van der Waals surface area contributed by atoms with Gasteiger partial charge < -0.3 is 30.4 Å². The highest BCUT2D eigenvalue weighted by atomic mass is 79.9. The number of aliphatic hydroxyl groups excluding tert-OH is 1. The molecule has 3 aliphatic rings. The molecule has 2 unspecified atom stereocenters. The Balaban J connectivity index is 0.000000139. The van der Waals surface area contributed by atoms with Crippen molar-refractivity contribution in [2.24, 2.45) is 5.73 Å². The summed E-state index contributed by atoms with van der Waals surface area (Å²) in [5.41, 5.74) is 6.58. The number of hydrogen-bond donors (Lipinski definition) is 3. The molecule has 1 saturated heterocycles. The maximum absolute atomic E-state index is 11.1. The van der Waals surface area contributed by atoms with Crippen molar-refractivity contribution in [1.29, 1.82) is 0 Å². The molecule has 1 fully saturated rings. The van der Waals surface area contributed by atoms with Gasteiger partial charge in [-0.2, -0.15) is 0 Å². The molecular formula is C19H18Br2N2O5. The first-order chi connectivity index (χ1) is 13.3. The van der Waals surface area contributed by atoms with Crippen molar-refractivity contribution in [1.82, 2.24) is 5.32 Å². The van der Waals surface area contributed by atoms with E-state index in [1.807, 2.05) is 36.4 Å². The molecule has 28 heavy (non-hydrogen) atoms. The van der Waals surface area contributed by atoms with Gasteiger partial charge in [-0.15, -0.1) is 0 Å². The number of alkyl carbamates (subject to hydrolysis) is 1. The maximum Gasteiger partial charge on any atom is 0.408 e. The Morgan fingerprint density at radius 1 is 0.964 bits per heavy atom. The predicted octanol–water partition coefficient (Wildman–Crippen LogP) is 2.76. The van der Waals surface area contributed by atoms with Crippen LogP contribution in [-0.4, -0.2) is 37.6 Å². The average molecular weight is 514 g/mol. The molecule has 9 heteroatoms. The molecule has 1 amide bonds. The van der Waals surface area contributed by atoms with Crippen LogP contribution in [0, 0.1) is 0 Å². The number of rotatable bonds is 1. The van der Waals surface area contributed by atoms with Gasteiger partial charge in [-0.1, -0.05) is 44.0 Å². The van der Waals surface area contributed by atoms with Crippen molar-refractivity contribution in [2.45, 2.75) is 11.1 Å². The van der Waals surface area contributed by atoms with Gasteiger partial charge in [-0.05, 0) is 24.3 Å². The van der Waals surface area contributed by atoms with E-state index in [2.05, 4.69) is 37.2 Å². The number of aliphatic hydroxyl groups is 1. The molecule has 0 aromatic heterocycles. The third kappa shape index (κ3) is 3.36. The van der Waals surface area contributed by atoms with E-state index in [0.29, 0.717) is 19.8 Å². The number of amides is 1. The fraction of sp³-hybridized carbons (Fsp3) is 0.316. The fourth-order valence-electron chi connectivity index (χ4n) is 3.41. The van der Waals surface area contributed by atoms with Gasteiger partial charge in [0.25, 0.3) is 0 Å². The first-order valence-electron chi connectivity index (χ1n) is 8.56. The van der Waals surface area contributed by atoms with Crippen LogP contribution >= 0.6 is 31.9 Å². The van der Waals surface area contributed by atoms with Crippen LogP contribution in [-0.2, 0) is 15.8 Å². The summed E-state index contributed by atoms with van der Waals surface area (Å²) in [7, 11) is 0. The second-order valence-corrected chi connectivity index (χ2v) is 8.79. The number of carbonyl (C=O) groups excluding carboxylic acids is 1. The molecule has 2 atom stereocenters. The van der Waals surface area contributed by atoms with Crippen LogP contribution in [0.25, 0.3) is 0 Å². The molecule has 0 aliphatic carbocycles. The second kappa shape index (κ2) is 7.22. The summed E-state index contributed by atoms with van der Waals surface area (Å²) in [6, 6.07) is 11.4. The van der Waals surface area contributed by atoms with E-state index in [0.717, 1.165) is 31.6 Å². The number of cyclic esters (lactones) is 1. The second-order valence-electron chi connectivity index (χ2n) is 6.96. The molecule has 2 aromatic carbocycles. The summed E-state index contributed by atoms with van der Waals surface area (Å²) < 4.78 is 17.8. The van der Waals surface area contributed by atoms with E-state index in [9.17, 15) is 4.79 Å². The highest BCUT2D eigenvalue weighted by molar-refractivity contribution is 9.10. The molecule has 7 nitrogen and oxygen atoms in total. The number of hydrogen-bond acceptors (Lipinski definition) is 6. The lowest BCUT2D eigenvalue weighted by atomic mass is 9.94. The van der Waals surface area contributed by atoms with Crippen molar-refractivity contribution in [3.05, 3.63) is 56.5 Å². The van der Waals surface area contributed by atoms with Gasteiger partial charge in [0.05, 0.1) is 6.61 Å². The summed E-state index contributed by atoms with van der Waals surface area (Å²) >= 11 is 6.72. The molecule has 1 spiro atoms. The Morgan fingerprint density at radius 2 is 1.54 bits per heavy atom. The molecule has 148 valence electrons. The van der Waals surface area contributed by atoms with Crippen molar-refractivity contribution in [3.8, 4) is 11.5 Å². The maximum atomic E-state index is 11.1. The summed E-state index contributed by atoms with van der Waals surface area (Å²) in [6.45, 7) is 1.02. The van der Waals surface area contributed by atoms with E-state index in [1.54, 1.807) is 0 Å². The van der Waals surface area contributed by atoms with Crippen LogP contribution in [0.1, 0.15) is 11.1 Å². The summed E-state index contributed by atoms with van der Waals surface area (Å²) in [6.07, 6.45) is -0.380. The molecule has 0 bridgehead atoms. The van der Waals surface area contributed by atoms with Crippen molar-refractivity contribution in [3.63, 3.8) is 0 Å². The third-order valence-electron chi connectivity index (χ3n) is 4.97. The monoisotopic (exact) mass is 512 g/mol. The minimum absolute atomic E-state index is 0.0956. The largest absolute Gasteiger partial charge is 0.491 e. The normalized spacial score (nSPS) is 26.4. The quantitative estimate of drug-likeness (QED) is 0.541. The van der Waals surface area contributed by atoms with Crippen molar-refractivity contribution < 1.29 is 24.1 Å². The van der Waals surface area contributed by atoms with E-state index in [1.165, 1.54) is 0 Å². The smallest absolute Gasteiger partial charge is 0.408 e. The van der Waals surface area contributed by atoms with Crippen LogP contribution in [0.2, 0.25) is 0 Å². The minimum atomic E-state index is -0.726. The molecule has 2 aromatic rings. The van der Waals surface area contributed by atoms with Crippen LogP contribution in [0.5, 0.6) is 11.5 Å². The number of nitrogens with two attached hydrogens (primary N) is 1. The Bertz CT molecular complexity index is 941. The predicted molar refractivity (Wildman–Crippen MR) is 108 cm³/mol. The molecule has 0 saturated carbocycles. The number of carbonyl (C=O) groups is 1. The zero-order chi connectivity index (χ0) is 19.9. The average Bonchev–Trinajstić information content (AvgIpc) is 3.33. The standard InChI is InChI=1S/C10H8BrNO3.C9H10BrNO2/c11-6-1-2-7-8(3-6)14-4-10(7)5-15-9(13)12-10;10-6-1-2-7-8(3-6)13-5-9(7,11)4-12/h1-3H,4-5H2,(H,12,13);1-3,12H,4-5,11H2. The Labute approximate surface area is 178 Å².